The minimum absolute atomic E-state index is 0.0464. The standard InChI is InChI=1S/C23H22N2O2/c26-22(15-7-4-11-18-9-2-1-3-10-18)20-13-5-6-14-21(20)25-23(27)19-12-8-16-24-17-19/h1-3,5-6,8-10,12-14,16-17H,4,7,11,15H2,(H,25,27). The summed E-state index contributed by atoms with van der Waals surface area (Å²) in [7, 11) is 0. The lowest BCUT2D eigenvalue weighted by Crippen LogP contribution is -2.15. The Hall–Kier alpha value is -3.27. The summed E-state index contributed by atoms with van der Waals surface area (Å²) in [6.45, 7) is 0. The average Bonchev–Trinajstić information content (AvgIpc) is 2.73. The smallest absolute Gasteiger partial charge is 0.257 e. The highest BCUT2D eigenvalue weighted by Crippen LogP contribution is 2.19. The molecule has 1 N–H and O–H groups in total. The Balaban J connectivity index is 1.58. The number of benzene rings is 2. The largest absolute Gasteiger partial charge is 0.321 e. The van der Waals surface area contributed by atoms with Crippen LogP contribution in [-0.4, -0.2) is 16.7 Å². The lowest BCUT2D eigenvalue weighted by molar-refractivity contribution is 0.0980. The minimum atomic E-state index is -0.271. The molecule has 1 aromatic heterocycles. The molecule has 0 unspecified atom stereocenters. The molecule has 0 saturated heterocycles. The Labute approximate surface area is 159 Å². The van der Waals surface area contributed by atoms with Crippen LogP contribution >= 0.6 is 0 Å². The number of unbranched alkanes of at least 4 members (excludes halogenated alkanes) is 1. The maximum absolute atomic E-state index is 12.6. The van der Waals surface area contributed by atoms with E-state index in [-0.39, 0.29) is 11.7 Å². The van der Waals surface area contributed by atoms with E-state index in [1.54, 1.807) is 30.5 Å². The zero-order valence-electron chi connectivity index (χ0n) is 15.1. The first-order valence-corrected chi connectivity index (χ1v) is 9.11. The SMILES string of the molecule is O=C(Nc1ccccc1C(=O)CCCCc1ccccc1)c1cccnc1. The molecule has 0 spiro atoms. The van der Waals surface area contributed by atoms with Gasteiger partial charge in [0, 0.05) is 24.4 Å². The number of amides is 1. The number of hydrogen-bond donors (Lipinski definition) is 1. The molecule has 3 aromatic rings. The van der Waals surface area contributed by atoms with Gasteiger partial charge >= 0.3 is 0 Å². The van der Waals surface area contributed by atoms with E-state index in [1.807, 2.05) is 30.3 Å². The second kappa shape index (κ2) is 9.43. The summed E-state index contributed by atoms with van der Waals surface area (Å²) in [5.74, 6) is -0.224. The second-order valence-electron chi connectivity index (χ2n) is 6.36. The van der Waals surface area contributed by atoms with Gasteiger partial charge in [-0.1, -0.05) is 42.5 Å². The molecule has 0 atom stereocenters. The molecular formula is C23H22N2O2. The van der Waals surface area contributed by atoms with E-state index in [2.05, 4.69) is 22.4 Å². The van der Waals surface area contributed by atoms with E-state index in [9.17, 15) is 9.59 Å². The molecular weight excluding hydrogens is 336 g/mol. The van der Waals surface area contributed by atoms with Crippen LogP contribution < -0.4 is 5.32 Å². The van der Waals surface area contributed by atoms with Crippen LogP contribution in [0.2, 0.25) is 0 Å². The van der Waals surface area contributed by atoms with Crippen LogP contribution in [0.4, 0.5) is 5.69 Å². The zero-order valence-corrected chi connectivity index (χ0v) is 15.1. The number of pyridine rings is 1. The number of para-hydroxylation sites is 1. The molecule has 0 fully saturated rings. The summed E-state index contributed by atoms with van der Waals surface area (Å²) >= 11 is 0. The van der Waals surface area contributed by atoms with Crippen LogP contribution in [0.1, 0.15) is 45.5 Å². The Bertz CT molecular complexity index is 893. The van der Waals surface area contributed by atoms with Gasteiger partial charge in [-0.25, -0.2) is 0 Å². The summed E-state index contributed by atoms with van der Waals surface area (Å²) in [6.07, 6.45) is 6.33. The van der Waals surface area contributed by atoms with Gasteiger partial charge < -0.3 is 5.32 Å². The quantitative estimate of drug-likeness (QED) is 0.459. The highest BCUT2D eigenvalue weighted by molar-refractivity contribution is 6.09. The molecule has 0 bridgehead atoms. The van der Waals surface area contributed by atoms with Crippen molar-refractivity contribution in [3.63, 3.8) is 0 Å². The molecule has 136 valence electrons. The van der Waals surface area contributed by atoms with Crippen molar-refractivity contribution in [1.82, 2.24) is 4.98 Å². The molecule has 3 rings (SSSR count). The Morgan fingerprint density at radius 3 is 2.41 bits per heavy atom. The first kappa shape index (κ1) is 18.5. The predicted octanol–water partition coefficient (Wildman–Crippen LogP) is 4.93. The molecule has 0 aliphatic rings. The second-order valence-corrected chi connectivity index (χ2v) is 6.36. The van der Waals surface area contributed by atoms with Gasteiger partial charge in [-0.2, -0.15) is 0 Å². The maximum atomic E-state index is 12.6. The number of nitrogens with one attached hydrogen (secondary N) is 1. The van der Waals surface area contributed by atoms with Crippen LogP contribution in [-0.2, 0) is 6.42 Å². The first-order chi connectivity index (χ1) is 13.2. The number of ketones is 1. The van der Waals surface area contributed by atoms with Crippen LogP contribution in [0, 0.1) is 0 Å². The van der Waals surface area contributed by atoms with Gasteiger partial charge in [0.2, 0.25) is 0 Å². The number of nitrogens with zero attached hydrogens (tertiary/aromatic N) is 1. The summed E-state index contributed by atoms with van der Waals surface area (Å²) < 4.78 is 0. The number of hydrogen-bond acceptors (Lipinski definition) is 3. The predicted molar refractivity (Wildman–Crippen MR) is 107 cm³/mol. The molecule has 1 heterocycles. The molecule has 2 aromatic carbocycles. The normalized spacial score (nSPS) is 10.4. The molecule has 4 heteroatoms. The summed E-state index contributed by atoms with van der Waals surface area (Å²) in [6, 6.07) is 20.8. The maximum Gasteiger partial charge on any atom is 0.257 e. The Morgan fingerprint density at radius 1 is 0.852 bits per heavy atom. The van der Waals surface area contributed by atoms with Gasteiger partial charge in [-0.15, -0.1) is 0 Å². The fraction of sp³-hybridized carbons (Fsp3) is 0.174. The first-order valence-electron chi connectivity index (χ1n) is 9.11. The fourth-order valence-corrected chi connectivity index (χ4v) is 2.92. The van der Waals surface area contributed by atoms with Crippen LogP contribution in [0.3, 0.4) is 0 Å². The van der Waals surface area contributed by atoms with E-state index < -0.39 is 0 Å². The van der Waals surface area contributed by atoms with Crippen molar-refractivity contribution >= 4 is 17.4 Å². The van der Waals surface area contributed by atoms with E-state index in [4.69, 9.17) is 0 Å². The third-order valence-electron chi connectivity index (χ3n) is 4.36. The summed E-state index contributed by atoms with van der Waals surface area (Å²) in [4.78, 5) is 28.9. The van der Waals surface area contributed by atoms with E-state index in [0.717, 1.165) is 19.3 Å². The molecule has 4 nitrogen and oxygen atoms in total. The number of Topliss-reactive ketones (excluding diaryl/α,β-unsaturated/α-hetero) is 1. The van der Waals surface area contributed by atoms with Crippen molar-refractivity contribution in [3.05, 3.63) is 95.8 Å². The molecule has 0 saturated carbocycles. The number of carbonyl (C=O) groups excluding carboxylic acids is 2. The third-order valence-corrected chi connectivity index (χ3v) is 4.36. The number of anilines is 1. The highest BCUT2D eigenvalue weighted by atomic mass is 16.1. The Kier molecular flexibility index (Phi) is 6.47. The summed E-state index contributed by atoms with van der Waals surface area (Å²) in [5.41, 5.74) is 2.84. The van der Waals surface area contributed by atoms with Crippen LogP contribution in [0.15, 0.2) is 79.1 Å². The van der Waals surface area contributed by atoms with Crippen molar-refractivity contribution in [2.24, 2.45) is 0 Å². The molecule has 0 aliphatic carbocycles. The van der Waals surface area contributed by atoms with Gasteiger partial charge in [0.25, 0.3) is 5.91 Å². The van der Waals surface area contributed by atoms with Crippen molar-refractivity contribution in [2.75, 3.05) is 5.32 Å². The average molecular weight is 358 g/mol. The monoisotopic (exact) mass is 358 g/mol. The number of rotatable bonds is 8. The fourth-order valence-electron chi connectivity index (χ4n) is 2.92. The minimum Gasteiger partial charge on any atom is -0.321 e. The third kappa shape index (κ3) is 5.35. The molecule has 0 aliphatic heterocycles. The molecule has 27 heavy (non-hydrogen) atoms. The van der Waals surface area contributed by atoms with Gasteiger partial charge in [0.05, 0.1) is 11.3 Å². The van der Waals surface area contributed by atoms with E-state index >= 15 is 0 Å². The van der Waals surface area contributed by atoms with Gasteiger partial charge in [-0.05, 0) is 49.1 Å². The van der Waals surface area contributed by atoms with Crippen LogP contribution in [0.5, 0.6) is 0 Å². The topological polar surface area (TPSA) is 59.1 Å². The number of aryl methyl sites for hydroxylation is 1. The number of carbonyl (C=O) groups is 2. The van der Waals surface area contributed by atoms with Gasteiger partial charge in [-0.3, -0.25) is 14.6 Å². The lowest BCUT2D eigenvalue weighted by Gasteiger charge is -2.10. The lowest BCUT2D eigenvalue weighted by atomic mass is 10.0. The van der Waals surface area contributed by atoms with Crippen LogP contribution in [0.25, 0.3) is 0 Å². The van der Waals surface area contributed by atoms with Crippen molar-refractivity contribution in [1.29, 1.82) is 0 Å². The van der Waals surface area contributed by atoms with Gasteiger partial charge in [0.15, 0.2) is 5.78 Å². The van der Waals surface area contributed by atoms with Gasteiger partial charge in [0.1, 0.15) is 0 Å². The van der Waals surface area contributed by atoms with Crippen molar-refractivity contribution in [2.45, 2.75) is 25.7 Å². The molecule has 1 amide bonds. The van der Waals surface area contributed by atoms with E-state index in [1.165, 1.54) is 11.8 Å². The highest BCUT2D eigenvalue weighted by Gasteiger charge is 2.14. The zero-order chi connectivity index (χ0) is 18.9. The van der Waals surface area contributed by atoms with E-state index in [0.29, 0.717) is 23.2 Å². The Morgan fingerprint density at radius 2 is 1.63 bits per heavy atom. The van der Waals surface area contributed by atoms with Crippen molar-refractivity contribution in [3.8, 4) is 0 Å². The summed E-state index contributed by atoms with van der Waals surface area (Å²) in [5, 5.41) is 2.82. The molecule has 0 radical (unpaired) electrons. The number of aromatic nitrogens is 1. The van der Waals surface area contributed by atoms with Crippen molar-refractivity contribution < 1.29 is 9.59 Å².